The van der Waals surface area contributed by atoms with Crippen molar-refractivity contribution in [2.45, 2.75) is 32.2 Å². The molecule has 0 aliphatic carbocycles. The van der Waals surface area contributed by atoms with Gasteiger partial charge in [-0.2, -0.15) is 0 Å². The molecule has 3 heterocycles. The monoisotopic (exact) mass is 230 g/mol. The summed E-state index contributed by atoms with van der Waals surface area (Å²) in [7, 11) is 0. The molecule has 2 heteroatoms. The molecule has 0 saturated carbocycles. The van der Waals surface area contributed by atoms with Crippen LogP contribution in [0.3, 0.4) is 0 Å². The van der Waals surface area contributed by atoms with Crippen molar-refractivity contribution >= 4 is 5.69 Å². The van der Waals surface area contributed by atoms with E-state index in [9.17, 15) is 0 Å². The zero-order valence-corrected chi connectivity index (χ0v) is 10.7. The van der Waals surface area contributed by atoms with Crippen LogP contribution in [0.5, 0.6) is 0 Å². The second-order valence-electron chi connectivity index (χ2n) is 5.44. The Morgan fingerprint density at radius 3 is 2.76 bits per heavy atom. The zero-order chi connectivity index (χ0) is 11.7. The van der Waals surface area contributed by atoms with Crippen LogP contribution in [0, 0.1) is 5.92 Å². The molecule has 2 nitrogen and oxygen atoms in total. The van der Waals surface area contributed by atoms with Crippen molar-refractivity contribution < 1.29 is 0 Å². The molecule has 3 saturated heterocycles. The molecule has 1 atom stereocenters. The first kappa shape index (κ1) is 11.1. The first-order valence-electron chi connectivity index (χ1n) is 6.93. The predicted octanol–water partition coefficient (Wildman–Crippen LogP) is 2.76. The lowest BCUT2D eigenvalue weighted by atomic mass is 9.84. The van der Waals surface area contributed by atoms with Crippen LogP contribution in [0.1, 0.15) is 25.3 Å². The normalized spacial score (nSPS) is 31.5. The van der Waals surface area contributed by atoms with Gasteiger partial charge in [-0.3, -0.25) is 0 Å². The van der Waals surface area contributed by atoms with Gasteiger partial charge in [-0.25, -0.2) is 0 Å². The lowest BCUT2D eigenvalue weighted by Crippen LogP contribution is -2.53. The van der Waals surface area contributed by atoms with Gasteiger partial charge in [-0.15, -0.1) is 0 Å². The number of anilines is 1. The maximum atomic E-state index is 3.75. The zero-order valence-electron chi connectivity index (χ0n) is 10.7. The minimum atomic E-state index is 0.671. The largest absolute Gasteiger partial charge is 0.381 e. The van der Waals surface area contributed by atoms with Crippen LogP contribution in [0.15, 0.2) is 24.3 Å². The molecule has 1 N–H and O–H groups in total. The molecule has 3 aliphatic heterocycles. The average Bonchev–Trinajstić information content (AvgIpc) is 2.40. The van der Waals surface area contributed by atoms with Gasteiger partial charge >= 0.3 is 0 Å². The van der Waals surface area contributed by atoms with Crippen LogP contribution in [0.2, 0.25) is 0 Å². The molecule has 1 unspecified atom stereocenters. The fourth-order valence-corrected chi connectivity index (χ4v) is 3.22. The highest BCUT2D eigenvalue weighted by atomic mass is 15.2. The average molecular weight is 230 g/mol. The summed E-state index contributed by atoms with van der Waals surface area (Å²) in [4.78, 5) is 2.60. The Kier molecular flexibility index (Phi) is 3.06. The second-order valence-corrected chi connectivity index (χ2v) is 5.44. The Morgan fingerprint density at radius 2 is 2.12 bits per heavy atom. The molecule has 2 bridgehead atoms. The quantitative estimate of drug-likeness (QED) is 0.859. The maximum Gasteiger partial charge on any atom is 0.0417 e. The van der Waals surface area contributed by atoms with E-state index in [1.165, 1.54) is 43.7 Å². The molecular formula is C15H22N2. The van der Waals surface area contributed by atoms with E-state index in [4.69, 9.17) is 0 Å². The number of piperidine rings is 3. The van der Waals surface area contributed by atoms with E-state index in [0.29, 0.717) is 6.04 Å². The lowest BCUT2D eigenvalue weighted by molar-refractivity contribution is 0.0975. The van der Waals surface area contributed by atoms with Crippen molar-refractivity contribution in [2.24, 2.45) is 5.92 Å². The van der Waals surface area contributed by atoms with Crippen LogP contribution in [-0.2, 0) is 6.42 Å². The summed E-state index contributed by atoms with van der Waals surface area (Å²) in [5, 5.41) is 3.75. The van der Waals surface area contributed by atoms with Gasteiger partial charge in [0, 0.05) is 18.3 Å². The number of fused-ring (bicyclic) bond motifs is 3. The topological polar surface area (TPSA) is 15.3 Å². The fraction of sp³-hybridized carbons (Fsp3) is 0.600. The van der Waals surface area contributed by atoms with Crippen molar-refractivity contribution in [3.63, 3.8) is 0 Å². The van der Waals surface area contributed by atoms with Crippen molar-refractivity contribution in [3.8, 4) is 0 Å². The van der Waals surface area contributed by atoms with Crippen molar-refractivity contribution in [1.82, 2.24) is 4.90 Å². The number of rotatable bonds is 3. The van der Waals surface area contributed by atoms with Crippen LogP contribution >= 0.6 is 0 Å². The summed E-state index contributed by atoms with van der Waals surface area (Å²) in [5.41, 5.74) is 2.74. The summed E-state index contributed by atoms with van der Waals surface area (Å²) in [5.74, 6) is 0.894. The minimum Gasteiger partial charge on any atom is -0.381 e. The van der Waals surface area contributed by atoms with Gasteiger partial charge in [0.15, 0.2) is 0 Å². The maximum absolute atomic E-state index is 3.75. The summed E-state index contributed by atoms with van der Waals surface area (Å²) in [6.07, 6.45) is 3.88. The fourth-order valence-electron chi connectivity index (χ4n) is 3.22. The molecule has 1 aromatic rings. The Hall–Kier alpha value is -1.02. The number of nitrogens with zero attached hydrogens (tertiary/aromatic N) is 1. The Bertz CT molecular complexity index is 380. The van der Waals surface area contributed by atoms with Crippen LogP contribution < -0.4 is 5.32 Å². The molecule has 92 valence electrons. The lowest BCUT2D eigenvalue weighted by Gasteiger charge is -2.45. The molecular weight excluding hydrogens is 208 g/mol. The van der Waals surface area contributed by atoms with E-state index in [2.05, 4.69) is 41.4 Å². The minimum absolute atomic E-state index is 0.671. The molecule has 0 amide bonds. The van der Waals surface area contributed by atoms with Crippen molar-refractivity contribution in [1.29, 1.82) is 0 Å². The Balaban J connectivity index is 1.70. The van der Waals surface area contributed by atoms with Crippen LogP contribution in [0.4, 0.5) is 5.69 Å². The number of hydrogen-bond donors (Lipinski definition) is 1. The molecule has 1 aromatic carbocycles. The van der Waals surface area contributed by atoms with E-state index in [1.807, 2.05) is 0 Å². The highest BCUT2D eigenvalue weighted by Gasteiger charge is 2.33. The SMILES string of the molecule is CCc1cccc(NC2CN3CCC2CC3)c1. The third-order valence-electron chi connectivity index (χ3n) is 4.34. The van der Waals surface area contributed by atoms with Gasteiger partial charge < -0.3 is 10.2 Å². The summed E-state index contributed by atoms with van der Waals surface area (Å²) >= 11 is 0. The van der Waals surface area contributed by atoms with Gasteiger partial charge in [0.05, 0.1) is 0 Å². The number of nitrogens with one attached hydrogen (secondary N) is 1. The summed E-state index contributed by atoms with van der Waals surface area (Å²) < 4.78 is 0. The predicted molar refractivity (Wildman–Crippen MR) is 72.4 cm³/mol. The number of aryl methyl sites for hydroxylation is 1. The van der Waals surface area contributed by atoms with Gasteiger partial charge in [0.25, 0.3) is 0 Å². The van der Waals surface area contributed by atoms with E-state index in [1.54, 1.807) is 0 Å². The van der Waals surface area contributed by atoms with E-state index < -0.39 is 0 Å². The molecule has 17 heavy (non-hydrogen) atoms. The first-order chi connectivity index (χ1) is 8.35. The first-order valence-corrected chi connectivity index (χ1v) is 6.93. The molecule has 0 aromatic heterocycles. The van der Waals surface area contributed by atoms with Crippen LogP contribution in [0.25, 0.3) is 0 Å². The number of benzene rings is 1. The van der Waals surface area contributed by atoms with E-state index in [0.717, 1.165) is 12.3 Å². The summed E-state index contributed by atoms with van der Waals surface area (Å²) in [6, 6.07) is 9.56. The van der Waals surface area contributed by atoms with Gasteiger partial charge in [-0.1, -0.05) is 19.1 Å². The summed E-state index contributed by atoms with van der Waals surface area (Å²) in [6.45, 7) is 6.09. The second kappa shape index (κ2) is 4.69. The molecule has 3 fully saturated rings. The third kappa shape index (κ3) is 2.32. The third-order valence-corrected chi connectivity index (χ3v) is 4.34. The van der Waals surface area contributed by atoms with Gasteiger partial charge in [-0.05, 0) is 56.0 Å². The smallest absolute Gasteiger partial charge is 0.0417 e. The highest BCUT2D eigenvalue weighted by molar-refractivity contribution is 5.47. The molecule has 0 spiro atoms. The molecule has 0 radical (unpaired) electrons. The Morgan fingerprint density at radius 1 is 1.29 bits per heavy atom. The van der Waals surface area contributed by atoms with E-state index in [-0.39, 0.29) is 0 Å². The van der Waals surface area contributed by atoms with Crippen molar-refractivity contribution in [3.05, 3.63) is 29.8 Å². The number of hydrogen-bond acceptors (Lipinski definition) is 2. The van der Waals surface area contributed by atoms with E-state index >= 15 is 0 Å². The highest BCUT2D eigenvalue weighted by Crippen LogP contribution is 2.29. The van der Waals surface area contributed by atoms with Crippen LogP contribution in [-0.4, -0.2) is 30.6 Å². The molecule has 4 rings (SSSR count). The van der Waals surface area contributed by atoms with Gasteiger partial charge in [0.2, 0.25) is 0 Å². The van der Waals surface area contributed by atoms with Crippen molar-refractivity contribution in [2.75, 3.05) is 25.0 Å². The Labute approximate surface area is 104 Å². The standard InChI is InChI=1S/C15H22N2/c1-2-12-4-3-5-14(10-12)16-15-11-17-8-6-13(15)7-9-17/h3-5,10,13,15-16H,2,6-9,11H2,1H3. The van der Waals surface area contributed by atoms with Gasteiger partial charge in [0.1, 0.15) is 0 Å². The molecule has 3 aliphatic rings.